The number of carbonyl (C=O) groups excluding carboxylic acids is 1. The highest BCUT2D eigenvalue weighted by Crippen LogP contribution is 2.33. The Morgan fingerprint density at radius 3 is 1.08 bits per heavy atom. The van der Waals surface area contributed by atoms with Gasteiger partial charge < -0.3 is 89.9 Å². The Hall–Kier alpha value is -2.51. The highest BCUT2D eigenvalue weighted by atomic mass is 16.8. The molecule has 0 saturated carbocycles. The van der Waals surface area contributed by atoms with Gasteiger partial charge in [0, 0.05) is 6.42 Å². The summed E-state index contributed by atoms with van der Waals surface area (Å²) in [6.07, 6.45) is 52.1. The number of aliphatic hydroxyl groups excluding tert-OH is 11. The number of unbranched alkanes of at least 4 members (excludes halogenated alkanes) is 40. The van der Waals surface area contributed by atoms with E-state index in [1.54, 1.807) is 6.08 Å². The third-order valence-electron chi connectivity index (χ3n) is 20.1. The first-order chi connectivity index (χ1) is 48.8. The van der Waals surface area contributed by atoms with Crippen molar-refractivity contribution in [3.63, 3.8) is 0 Å². The Kier molecular flexibility index (Phi) is 56.5. The zero-order valence-electron chi connectivity index (χ0n) is 62.4. The van der Waals surface area contributed by atoms with E-state index in [0.717, 1.165) is 83.5 Å². The molecule has 19 heteroatoms. The topological polar surface area (TPSA) is 307 Å². The maximum absolute atomic E-state index is 13.5. The summed E-state index contributed by atoms with van der Waals surface area (Å²) in [5, 5.41) is 121. The van der Waals surface area contributed by atoms with Gasteiger partial charge in [-0.05, 0) is 57.8 Å². The molecule has 0 radical (unpaired) electrons. The van der Waals surface area contributed by atoms with Gasteiger partial charge in [0.25, 0.3) is 0 Å². The number of rotatable bonds is 64. The van der Waals surface area contributed by atoms with E-state index >= 15 is 0 Å². The lowest BCUT2D eigenvalue weighted by atomic mass is 9.96. The molecule has 100 heavy (non-hydrogen) atoms. The average Bonchev–Trinajstić information content (AvgIpc) is 0.783. The molecule has 3 fully saturated rings. The monoisotopic (exact) mass is 1420 g/mol. The van der Waals surface area contributed by atoms with Crippen molar-refractivity contribution in [2.45, 2.75) is 420 Å². The van der Waals surface area contributed by atoms with Crippen LogP contribution in [0.5, 0.6) is 0 Å². The molecule has 3 heterocycles. The molecule has 0 spiro atoms. The SMILES string of the molecule is CC/C=C\C/C=C\C/C=C\C/C=C\CCCCCCCCCCCCC(=O)NC(COC1OC(CO)C(OC2OC(CO)C(OC3OC(CO)C(O)C(O)C3O)C(O)C2O)C(O)C1O)C(O)/C=C/CCCCCCCCCCCCCCCCCCCCCCCCCCCCCCCC. The lowest BCUT2D eigenvalue weighted by molar-refractivity contribution is -0.379. The predicted octanol–water partition coefficient (Wildman–Crippen LogP) is 13.5. The van der Waals surface area contributed by atoms with Crippen LogP contribution in [0.25, 0.3) is 0 Å². The maximum atomic E-state index is 13.5. The molecule has 0 aromatic rings. The second-order valence-electron chi connectivity index (χ2n) is 28.9. The highest BCUT2D eigenvalue weighted by molar-refractivity contribution is 5.76. The lowest BCUT2D eigenvalue weighted by Crippen LogP contribution is -2.66. The van der Waals surface area contributed by atoms with Crippen molar-refractivity contribution in [1.82, 2.24) is 5.32 Å². The molecule has 0 aromatic carbocycles. The number of hydrogen-bond acceptors (Lipinski definition) is 18. The molecule has 3 aliphatic heterocycles. The second kappa shape index (κ2) is 61.6. The van der Waals surface area contributed by atoms with Gasteiger partial charge in [-0.15, -0.1) is 0 Å². The van der Waals surface area contributed by atoms with Crippen LogP contribution >= 0.6 is 0 Å². The minimum Gasteiger partial charge on any atom is -0.394 e. The standard InChI is InChI=1S/C81H147NO18/c1-3-5-7-9-11-13-15-17-19-21-23-25-27-28-29-30-31-32-33-34-35-37-38-40-42-44-46-48-50-52-54-56-58-65(86)64(82-69(87)59-57-55-53-51-49-47-45-43-41-39-36-26-24-22-20-18-16-14-12-10-8-6-4-2)63-95-79-75(93)72(90)77(67(61-84)97-79)100-81-76(94)73(91)78(68(62-85)98-81)99-80-74(92)71(89)70(88)66(60-83)96-80/h6,8,12,14,18,20,24,26,56,58,64-68,70-81,83-86,88-94H,3-5,7,9-11,13,15-17,19,21-23,25,27-55,57,59-63H2,1-2H3,(H,82,87)/b8-6-,14-12-,20-18-,26-24-,58-56+. The Morgan fingerprint density at radius 2 is 0.690 bits per heavy atom. The van der Waals surface area contributed by atoms with Crippen LogP contribution in [0.1, 0.15) is 316 Å². The molecule has 1 amide bonds. The first-order valence-electron chi connectivity index (χ1n) is 40.5. The average molecular weight is 1420 g/mol. The molecule has 3 saturated heterocycles. The van der Waals surface area contributed by atoms with Crippen LogP contribution in [0.3, 0.4) is 0 Å². The van der Waals surface area contributed by atoms with Crippen molar-refractivity contribution in [2.24, 2.45) is 0 Å². The largest absolute Gasteiger partial charge is 0.394 e. The predicted molar refractivity (Wildman–Crippen MR) is 397 cm³/mol. The van der Waals surface area contributed by atoms with E-state index in [0.29, 0.717) is 6.42 Å². The third kappa shape index (κ3) is 41.4. The zero-order chi connectivity index (χ0) is 72.5. The molecular formula is C81H147NO18. The van der Waals surface area contributed by atoms with Crippen LogP contribution in [0.4, 0.5) is 0 Å². The van der Waals surface area contributed by atoms with Crippen LogP contribution in [0, 0.1) is 0 Å². The maximum Gasteiger partial charge on any atom is 0.220 e. The summed E-state index contributed by atoms with van der Waals surface area (Å²) in [7, 11) is 0. The lowest BCUT2D eigenvalue weighted by Gasteiger charge is -2.48. The van der Waals surface area contributed by atoms with Crippen molar-refractivity contribution in [3.8, 4) is 0 Å². The Morgan fingerprint density at radius 1 is 0.370 bits per heavy atom. The third-order valence-corrected chi connectivity index (χ3v) is 20.1. The van der Waals surface area contributed by atoms with E-state index in [4.69, 9.17) is 28.4 Å². The summed E-state index contributed by atoms with van der Waals surface area (Å²) in [6.45, 7) is 1.66. The fourth-order valence-corrected chi connectivity index (χ4v) is 13.6. The van der Waals surface area contributed by atoms with Gasteiger partial charge >= 0.3 is 0 Å². The fraction of sp³-hybridized carbons (Fsp3) is 0.864. The normalized spacial score (nSPS) is 26.8. The van der Waals surface area contributed by atoms with E-state index in [9.17, 15) is 61.0 Å². The number of amides is 1. The molecule has 19 nitrogen and oxygen atoms in total. The number of nitrogens with one attached hydrogen (secondary N) is 1. The van der Waals surface area contributed by atoms with Gasteiger partial charge in [-0.1, -0.05) is 312 Å². The summed E-state index contributed by atoms with van der Waals surface area (Å²) in [5.41, 5.74) is 0. The number of aliphatic hydroxyl groups is 11. The molecule has 17 atom stereocenters. The fourth-order valence-electron chi connectivity index (χ4n) is 13.6. The summed E-state index contributed by atoms with van der Waals surface area (Å²) in [6, 6.07) is -0.980. The second-order valence-corrected chi connectivity index (χ2v) is 28.9. The first kappa shape index (κ1) is 91.7. The van der Waals surface area contributed by atoms with Gasteiger partial charge in [0.1, 0.15) is 73.2 Å². The van der Waals surface area contributed by atoms with Crippen LogP contribution in [-0.4, -0.2) is 193 Å². The van der Waals surface area contributed by atoms with Crippen LogP contribution in [0.15, 0.2) is 60.8 Å². The van der Waals surface area contributed by atoms with Gasteiger partial charge in [-0.2, -0.15) is 0 Å². The molecular weight excluding hydrogens is 1270 g/mol. The minimum absolute atomic E-state index is 0.236. The van der Waals surface area contributed by atoms with Gasteiger partial charge in [0.05, 0.1) is 38.6 Å². The summed E-state index contributed by atoms with van der Waals surface area (Å²) in [5.74, 6) is -0.278. The smallest absolute Gasteiger partial charge is 0.220 e. The van der Waals surface area contributed by atoms with Gasteiger partial charge in [0.2, 0.25) is 5.91 Å². The first-order valence-corrected chi connectivity index (χ1v) is 40.5. The molecule has 3 aliphatic rings. The van der Waals surface area contributed by atoms with E-state index in [2.05, 4.69) is 67.8 Å². The number of ether oxygens (including phenoxy) is 6. The van der Waals surface area contributed by atoms with Crippen molar-refractivity contribution < 1.29 is 89.4 Å². The van der Waals surface area contributed by atoms with Crippen LogP contribution in [-0.2, 0) is 33.2 Å². The van der Waals surface area contributed by atoms with Crippen LogP contribution in [0.2, 0.25) is 0 Å². The Labute approximate surface area is 605 Å². The number of carbonyl (C=O) groups is 1. The van der Waals surface area contributed by atoms with Gasteiger partial charge in [-0.25, -0.2) is 0 Å². The molecule has 0 aliphatic carbocycles. The Balaban J connectivity index is 1.37. The number of allylic oxidation sites excluding steroid dienone is 9. The van der Waals surface area contributed by atoms with E-state index < -0.39 is 124 Å². The minimum atomic E-state index is -1.98. The Bertz CT molecular complexity index is 2040. The molecule has 17 unspecified atom stereocenters. The number of hydrogen-bond donors (Lipinski definition) is 12. The van der Waals surface area contributed by atoms with E-state index in [1.807, 2.05) is 6.08 Å². The molecule has 0 bridgehead atoms. The van der Waals surface area contributed by atoms with Crippen molar-refractivity contribution >= 4 is 5.91 Å². The van der Waals surface area contributed by atoms with Crippen molar-refractivity contribution in [2.75, 3.05) is 26.4 Å². The molecule has 3 rings (SSSR count). The van der Waals surface area contributed by atoms with Gasteiger partial charge in [-0.3, -0.25) is 4.79 Å². The summed E-state index contributed by atoms with van der Waals surface area (Å²) >= 11 is 0. The summed E-state index contributed by atoms with van der Waals surface area (Å²) < 4.78 is 34.5. The summed E-state index contributed by atoms with van der Waals surface area (Å²) in [4.78, 5) is 13.5. The molecule has 584 valence electrons. The van der Waals surface area contributed by atoms with E-state index in [1.165, 1.54) is 205 Å². The quantitative estimate of drug-likeness (QED) is 0.0199. The van der Waals surface area contributed by atoms with Crippen molar-refractivity contribution in [1.29, 1.82) is 0 Å². The van der Waals surface area contributed by atoms with Gasteiger partial charge in [0.15, 0.2) is 18.9 Å². The molecule has 12 N–H and O–H groups in total. The van der Waals surface area contributed by atoms with Crippen LogP contribution < -0.4 is 5.32 Å². The zero-order valence-corrected chi connectivity index (χ0v) is 62.4. The van der Waals surface area contributed by atoms with E-state index in [-0.39, 0.29) is 18.9 Å². The molecule has 0 aromatic heterocycles. The highest BCUT2D eigenvalue weighted by Gasteiger charge is 2.54. The van der Waals surface area contributed by atoms with Crippen molar-refractivity contribution in [3.05, 3.63) is 60.8 Å².